The van der Waals surface area contributed by atoms with Crippen molar-refractivity contribution in [3.05, 3.63) is 58.7 Å². The number of anilines is 1. The van der Waals surface area contributed by atoms with E-state index in [1.165, 1.54) is 0 Å². The van der Waals surface area contributed by atoms with Crippen LogP contribution in [0.25, 0.3) is 0 Å². The maximum atomic E-state index is 14.2. The second kappa shape index (κ2) is 14.0. The van der Waals surface area contributed by atoms with Crippen LogP contribution in [-0.4, -0.2) is 58.9 Å². The second-order valence-corrected chi connectivity index (χ2v) is 13.8. The van der Waals surface area contributed by atoms with Crippen molar-refractivity contribution in [2.24, 2.45) is 5.92 Å². The van der Waals surface area contributed by atoms with Gasteiger partial charge in [-0.15, -0.1) is 5.06 Å². The summed E-state index contributed by atoms with van der Waals surface area (Å²) in [6.45, 7) is 12.5. The molecule has 1 aliphatic heterocycles. The third-order valence-electron chi connectivity index (χ3n) is 7.53. The summed E-state index contributed by atoms with van der Waals surface area (Å²) >= 11 is 0. The Labute approximate surface area is 271 Å². The quantitative estimate of drug-likeness (QED) is 0.215. The lowest BCUT2D eigenvalue weighted by Gasteiger charge is -2.32. The highest BCUT2D eigenvalue weighted by Gasteiger charge is 2.38. The summed E-state index contributed by atoms with van der Waals surface area (Å²) in [5.74, 6) is 0.407. The Kier molecular flexibility index (Phi) is 10.5. The zero-order valence-electron chi connectivity index (χ0n) is 28.2. The summed E-state index contributed by atoms with van der Waals surface area (Å²) in [6.07, 6.45) is 1.63. The summed E-state index contributed by atoms with van der Waals surface area (Å²) in [4.78, 5) is 59.8. The van der Waals surface area contributed by atoms with Gasteiger partial charge in [-0.2, -0.15) is 0 Å². The number of carbonyl (C=O) groups excluding carboxylic acids is 4. The van der Waals surface area contributed by atoms with Gasteiger partial charge in [-0.25, -0.2) is 9.59 Å². The maximum Gasteiger partial charge on any atom is 0.534 e. The number of carbonyl (C=O) groups is 4. The molecule has 3 amide bonds. The number of fused-ring (bicyclic) bond motifs is 1. The van der Waals surface area contributed by atoms with Gasteiger partial charge in [0.1, 0.15) is 17.0 Å². The van der Waals surface area contributed by atoms with Crippen molar-refractivity contribution < 1.29 is 38.2 Å². The lowest BCUT2D eigenvalue weighted by atomic mass is 9.97. The lowest BCUT2D eigenvalue weighted by Crippen LogP contribution is -2.41. The zero-order chi connectivity index (χ0) is 33.8. The van der Waals surface area contributed by atoms with E-state index >= 15 is 0 Å². The SMILES string of the molecule is CCCc1cc(C(CCN(OC(=O)OC(C)(C)C)C(=O)OC(C)(C)C)N2Cc3cccc(NC(=O)C4CC4)c3C2=O)ccc1OC. The monoisotopic (exact) mass is 637 g/mol. The lowest BCUT2D eigenvalue weighted by molar-refractivity contribution is -0.137. The number of amides is 3. The van der Waals surface area contributed by atoms with Crippen molar-refractivity contribution in [3.8, 4) is 5.75 Å². The molecule has 1 saturated carbocycles. The van der Waals surface area contributed by atoms with Gasteiger partial charge in [-0.05, 0) is 96.0 Å². The van der Waals surface area contributed by atoms with Gasteiger partial charge >= 0.3 is 12.2 Å². The van der Waals surface area contributed by atoms with E-state index in [2.05, 4.69) is 12.2 Å². The number of ether oxygens (including phenoxy) is 3. The largest absolute Gasteiger partial charge is 0.534 e. The fourth-order valence-electron chi connectivity index (χ4n) is 5.38. The van der Waals surface area contributed by atoms with E-state index in [-0.39, 0.29) is 30.7 Å². The molecule has 1 aliphatic carbocycles. The number of aryl methyl sites for hydroxylation is 1. The molecule has 2 aromatic carbocycles. The molecular weight excluding hydrogens is 590 g/mol. The van der Waals surface area contributed by atoms with Crippen LogP contribution in [0.15, 0.2) is 36.4 Å². The van der Waals surface area contributed by atoms with Crippen molar-refractivity contribution in [1.29, 1.82) is 0 Å². The number of hydrogen-bond donors (Lipinski definition) is 1. The maximum absolute atomic E-state index is 14.2. The van der Waals surface area contributed by atoms with Crippen LogP contribution in [0.2, 0.25) is 0 Å². The summed E-state index contributed by atoms with van der Waals surface area (Å²) < 4.78 is 16.5. The van der Waals surface area contributed by atoms with Crippen LogP contribution in [-0.2, 0) is 32.1 Å². The van der Waals surface area contributed by atoms with Crippen LogP contribution in [0.3, 0.4) is 0 Å². The highest BCUT2D eigenvalue weighted by atomic mass is 16.8. The molecule has 2 aromatic rings. The van der Waals surface area contributed by atoms with Crippen LogP contribution in [0.5, 0.6) is 5.75 Å². The van der Waals surface area contributed by atoms with Crippen LogP contribution in [0.1, 0.15) is 107 Å². The van der Waals surface area contributed by atoms with Gasteiger partial charge in [0, 0.05) is 12.5 Å². The van der Waals surface area contributed by atoms with Gasteiger partial charge < -0.3 is 29.3 Å². The van der Waals surface area contributed by atoms with Gasteiger partial charge in [0.2, 0.25) is 5.91 Å². The number of methoxy groups -OCH3 is 1. The Morgan fingerprint density at radius 1 is 1.02 bits per heavy atom. The van der Waals surface area contributed by atoms with Crippen molar-refractivity contribution in [2.45, 2.75) is 104 Å². The average molecular weight is 638 g/mol. The molecule has 0 radical (unpaired) electrons. The van der Waals surface area contributed by atoms with Crippen LogP contribution >= 0.6 is 0 Å². The summed E-state index contributed by atoms with van der Waals surface area (Å²) in [7, 11) is 1.62. The van der Waals surface area contributed by atoms with Gasteiger partial charge in [0.05, 0.1) is 30.9 Å². The zero-order valence-corrected chi connectivity index (χ0v) is 28.2. The van der Waals surface area contributed by atoms with E-state index in [0.717, 1.165) is 53.2 Å². The number of nitrogens with zero attached hydrogens (tertiary/aromatic N) is 2. The Hall–Kier alpha value is -4.28. The minimum atomic E-state index is -1.05. The molecule has 11 nitrogen and oxygen atoms in total. The van der Waals surface area contributed by atoms with E-state index in [1.54, 1.807) is 59.6 Å². The predicted octanol–water partition coefficient (Wildman–Crippen LogP) is 7.19. The average Bonchev–Trinajstić information content (AvgIpc) is 3.75. The highest BCUT2D eigenvalue weighted by Crippen LogP contribution is 2.39. The molecule has 250 valence electrons. The molecule has 11 heteroatoms. The number of nitrogens with one attached hydrogen (secondary N) is 1. The standard InChI is InChI=1S/C35H47N3O8/c1-9-11-24-20-23(16-17-28(24)43-8)27(18-19-38(32(41)44-34(2,3)4)46-33(42)45-35(5,6)7)37-21-25-12-10-13-26(29(25)31(37)40)36-30(39)22-14-15-22/h10,12-13,16-17,20,22,27H,9,11,14-15,18-19,21H2,1-8H3,(H,36,39). The first-order chi connectivity index (χ1) is 21.6. The third kappa shape index (κ3) is 8.92. The first-order valence-electron chi connectivity index (χ1n) is 15.9. The Balaban J connectivity index is 1.68. The first kappa shape index (κ1) is 34.6. The molecule has 1 atom stereocenters. The summed E-state index contributed by atoms with van der Waals surface area (Å²) in [5.41, 5.74) is 1.85. The van der Waals surface area contributed by atoms with E-state index in [9.17, 15) is 19.2 Å². The van der Waals surface area contributed by atoms with Crippen LogP contribution < -0.4 is 10.1 Å². The number of hydroxylamine groups is 2. The highest BCUT2D eigenvalue weighted by molar-refractivity contribution is 6.07. The van der Waals surface area contributed by atoms with E-state index < -0.39 is 29.5 Å². The van der Waals surface area contributed by atoms with Gasteiger partial charge in [-0.1, -0.05) is 37.6 Å². The molecule has 1 heterocycles. The number of benzene rings is 2. The molecule has 0 saturated heterocycles. The molecular formula is C35H47N3O8. The van der Waals surface area contributed by atoms with Crippen molar-refractivity contribution in [1.82, 2.24) is 9.96 Å². The van der Waals surface area contributed by atoms with E-state index in [1.807, 2.05) is 30.3 Å². The smallest absolute Gasteiger partial charge is 0.496 e. The van der Waals surface area contributed by atoms with Crippen molar-refractivity contribution in [2.75, 3.05) is 19.0 Å². The van der Waals surface area contributed by atoms with Gasteiger partial charge in [0.15, 0.2) is 0 Å². The summed E-state index contributed by atoms with van der Waals surface area (Å²) in [6, 6.07) is 10.7. The fraction of sp³-hybridized carbons (Fsp3) is 0.543. The minimum absolute atomic E-state index is 0.0173. The summed E-state index contributed by atoms with van der Waals surface area (Å²) in [5, 5.41) is 3.80. The van der Waals surface area contributed by atoms with E-state index in [4.69, 9.17) is 19.0 Å². The van der Waals surface area contributed by atoms with Crippen molar-refractivity contribution in [3.63, 3.8) is 0 Å². The van der Waals surface area contributed by atoms with Gasteiger partial charge in [0.25, 0.3) is 5.91 Å². The van der Waals surface area contributed by atoms with E-state index in [0.29, 0.717) is 17.8 Å². The second-order valence-electron chi connectivity index (χ2n) is 13.8. The fourth-order valence-corrected chi connectivity index (χ4v) is 5.38. The van der Waals surface area contributed by atoms with Gasteiger partial charge in [-0.3, -0.25) is 9.59 Å². The molecule has 1 fully saturated rings. The normalized spacial score (nSPS) is 15.1. The minimum Gasteiger partial charge on any atom is -0.496 e. The molecule has 1 N–H and O–H groups in total. The first-order valence-corrected chi connectivity index (χ1v) is 15.9. The molecule has 0 bridgehead atoms. The molecule has 2 aliphatic rings. The molecule has 46 heavy (non-hydrogen) atoms. The topological polar surface area (TPSA) is 124 Å². The van der Waals surface area contributed by atoms with Crippen LogP contribution in [0, 0.1) is 5.92 Å². The molecule has 0 spiro atoms. The number of rotatable bonds is 10. The third-order valence-corrected chi connectivity index (χ3v) is 7.53. The molecule has 1 unspecified atom stereocenters. The predicted molar refractivity (Wildman–Crippen MR) is 172 cm³/mol. The number of hydrogen-bond acceptors (Lipinski definition) is 8. The molecule has 0 aromatic heterocycles. The Morgan fingerprint density at radius 2 is 1.72 bits per heavy atom. The molecule has 4 rings (SSSR count). The Morgan fingerprint density at radius 3 is 2.33 bits per heavy atom. The van der Waals surface area contributed by atoms with Crippen molar-refractivity contribution >= 4 is 29.8 Å². The van der Waals surface area contributed by atoms with Crippen LogP contribution in [0.4, 0.5) is 15.3 Å². The Bertz CT molecular complexity index is 1450.